The van der Waals surface area contributed by atoms with Gasteiger partial charge in [0.25, 0.3) is 5.91 Å². The third kappa shape index (κ3) is 4.77. The van der Waals surface area contributed by atoms with Crippen LogP contribution >= 0.6 is 27.7 Å². The van der Waals surface area contributed by atoms with Gasteiger partial charge in [0.05, 0.1) is 4.90 Å². The van der Waals surface area contributed by atoms with E-state index in [1.165, 1.54) is 23.9 Å². The Bertz CT molecular complexity index is 979. The van der Waals surface area contributed by atoms with Crippen LogP contribution in [0.25, 0.3) is 0 Å². The lowest BCUT2D eigenvalue weighted by atomic mass is 10.0. The van der Waals surface area contributed by atoms with Gasteiger partial charge in [-0.05, 0) is 62.4 Å². The summed E-state index contributed by atoms with van der Waals surface area (Å²) in [4.78, 5) is 12.3. The number of ether oxygens (including phenoxy) is 1. The summed E-state index contributed by atoms with van der Waals surface area (Å²) < 4.78 is 33.6. The average Bonchev–Trinajstić information content (AvgIpc) is 2.68. The molecule has 0 radical (unpaired) electrons. The molecule has 156 valence electrons. The second-order valence-corrected chi connectivity index (χ2v) is 11.5. The molecule has 1 heterocycles. The van der Waals surface area contributed by atoms with Crippen LogP contribution in [0, 0.1) is 0 Å². The van der Waals surface area contributed by atoms with E-state index in [1.54, 1.807) is 43.6 Å². The largest absolute Gasteiger partial charge is 0.457 e. The number of carbonyl (C=O) groups is 1. The van der Waals surface area contributed by atoms with Crippen LogP contribution in [0.3, 0.4) is 0 Å². The van der Waals surface area contributed by atoms with Crippen molar-refractivity contribution >= 4 is 43.6 Å². The number of nitrogens with zero attached hydrogens (tertiary/aromatic N) is 1. The third-order valence-electron chi connectivity index (χ3n) is 4.57. The highest BCUT2D eigenvalue weighted by Gasteiger charge is 2.48. The van der Waals surface area contributed by atoms with E-state index in [0.29, 0.717) is 17.3 Å². The standard InChI is InChI=1S/C19H21BrN2O5S2/c1-19(2)17(18(23)21-24)22(11-12-28-19)29(25,26)16-9-7-15(8-10-16)27-14-5-3-13(20)4-6-14/h3-10,17,24H,11-12H2,1-2H3,(H,21,23). The summed E-state index contributed by atoms with van der Waals surface area (Å²) in [6.45, 7) is 3.74. The maximum atomic E-state index is 13.2. The van der Waals surface area contributed by atoms with E-state index in [4.69, 9.17) is 9.94 Å². The summed E-state index contributed by atoms with van der Waals surface area (Å²) in [5.74, 6) is 0.913. The molecule has 1 aliphatic heterocycles. The Morgan fingerprint density at radius 3 is 2.28 bits per heavy atom. The second kappa shape index (κ2) is 8.65. The molecule has 3 rings (SSSR count). The minimum atomic E-state index is -3.95. The first-order chi connectivity index (χ1) is 13.6. The quantitative estimate of drug-likeness (QED) is 0.480. The molecule has 0 aromatic heterocycles. The molecule has 0 aliphatic carbocycles. The van der Waals surface area contributed by atoms with Crippen molar-refractivity contribution in [2.24, 2.45) is 0 Å². The highest BCUT2D eigenvalue weighted by atomic mass is 79.9. The number of hydrogen-bond donors (Lipinski definition) is 2. The SMILES string of the molecule is CC1(C)SCCN(S(=O)(=O)c2ccc(Oc3ccc(Br)cc3)cc2)C1C(=O)NO. The summed E-state index contributed by atoms with van der Waals surface area (Å²) in [6, 6.07) is 12.3. The Kier molecular flexibility index (Phi) is 6.59. The molecule has 1 atom stereocenters. The van der Waals surface area contributed by atoms with Gasteiger partial charge in [-0.2, -0.15) is 16.1 Å². The first-order valence-electron chi connectivity index (χ1n) is 8.78. The Labute approximate surface area is 182 Å². The zero-order valence-corrected chi connectivity index (χ0v) is 19.1. The van der Waals surface area contributed by atoms with Crippen LogP contribution in [-0.4, -0.2) is 46.9 Å². The lowest BCUT2D eigenvalue weighted by Crippen LogP contribution is -2.61. The highest BCUT2D eigenvalue weighted by molar-refractivity contribution is 9.10. The van der Waals surface area contributed by atoms with Crippen LogP contribution < -0.4 is 10.2 Å². The molecule has 29 heavy (non-hydrogen) atoms. The highest BCUT2D eigenvalue weighted by Crippen LogP contribution is 2.38. The molecule has 1 amide bonds. The number of halogens is 1. The molecular weight excluding hydrogens is 480 g/mol. The zero-order valence-electron chi connectivity index (χ0n) is 15.8. The number of sulfonamides is 1. The van der Waals surface area contributed by atoms with E-state index in [9.17, 15) is 13.2 Å². The van der Waals surface area contributed by atoms with Gasteiger partial charge in [-0.1, -0.05) is 15.9 Å². The maximum absolute atomic E-state index is 13.2. The van der Waals surface area contributed by atoms with E-state index >= 15 is 0 Å². The second-order valence-electron chi connectivity index (χ2n) is 6.97. The first kappa shape index (κ1) is 22.1. The first-order valence-corrected chi connectivity index (χ1v) is 12.0. The smallest absolute Gasteiger partial charge is 0.263 e. The number of benzene rings is 2. The van der Waals surface area contributed by atoms with Gasteiger partial charge >= 0.3 is 0 Å². The molecule has 2 aromatic rings. The summed E-state index contributed by atoms with van der Waals surface area (Å²) in [6.07, 6.45) is 0. The Morgan fingerprint density at radius 1 is 1.17 bits per heavy atom. The predicted molar refractivity (Wildman–Crippen MR) is 115 cm³/mol. The number of nitrogens with one attached hydrogen (secondary N) is 1. The molecule has 0 saturated carbocycles. The molecule has 1 saturated heterocycles. The number of amides is 1. The number of hydroxylamine groups is 1. The predicted octanol–water partition coefficient (Wildman–Crippen LogP) is 3.63. The molecule has 0 spiro atoms. The third-order valence-corrected chi connectivity index (χ3v) is 8.33. The van der Waals surface area contributed by atoms with Crippen molar-refractivity contribution in [2.45, 2.75) is 29.5 Å². The van der Waals surface area contributed by atoms with Crippen molar-refractivity contribution < 1.29 is 23.2 Å². The fourth-order valence-electron chi connectivity index (χ4n) is 3.17. The number of carbonyl (C=O) groups excluding carboxylic acids is 1. The van der Waals surface area contributed by atoms with Gasteiger partial charge in [-0.25, -0.2) is 13.9 Å². The van der Waals surface area contributed by atoms with Crippen molar-refractivity contribution in [3.8, 4) is 11.5 Å². The molecule has 1 unspecified atom stereocenters. The molecule has 1 fully saturated rings. The Morgan fingerprint density at radius 2 is 1.72 bits per heavy atom. The van der Waals surface area contributed by atoms with Crippen LogP contribution in [0.2, 0.25) is 0 Å². The van der Waals surface area contributed by atoms with Crippen LogP contribution in [0.15, 0.2) is 57.9 Å². The van der Waals surface area contributed by atoms with Gasteiger partial charge in [-0.3, -0.25) is 10.0 Å². The van der Waals surface area contributed by atoms with Gasteiger partial charge in [0.1, 0.15) is 17.5 Å². The number of rotatable bonds is 5. The molecule has 2 N–H and O–H groups in total. The van der Waals surface area contributed by atoms with Crippen LogP contribution in [0.5, 0.6) is 11.5 Å². The fraction of sp³-hybridized carbons (Fsp3) is 0.316. The van der Waals surface area contributed by atoms with E-state index in [2.05, 4.69) is 15.9 Å². The molecule has 0 bridgehead atoms. The summed E-state index contributed by atoms with van der Waals surface area (Å²) in [5, 5.41) is 9.12. The van der Waals surface area contributed by atoms with Crippen molar-refractivity contribution in [1.29, 1.82) is 0 Å². The van der Waals surface area contributed by atoms with E-state index in [1.807, 2.05) is 12.1 Å². The van der Waals surface area contributed by atoms with E-state index in [-0.39, 0.29) is 11.4 Å². The van der Waals surface area contributed by atoms with Crippen LogP contribution in [0.1, 0.15) is 13.8 Å². The van der Waals surface area contributed by atoms with E-state index in [0.717, 1.165) is 8.78 Å². The minimum Gasteiger partial charge on any atom is -0.457 e. The summed E-state index contributed by atoms with van der Waals surface area (Å²) in [7, 11) is -3.95. The van der Waals surface area contributed by atoms with Crippen molar-refractivity contribution in [3.05, 3.63) is 53.0 Å². The van der Waals surface area contributed by atoms with Crippen molar-refractivity contribution in [3.63, 3.8) is 0 Å². The normalized spacial score (nSPS) is 19.5. The Balaban J connectivity index is 1.86. The Hall–Kier alpha value is -1.59. The van der Waals surface area contributed by atoms with Gasteiger partial charge in [0.15, 0.2) is 0 Å². The average molecular weight is 501 g/mol. The molecule has 7 nitrogen and oxygen atoms in total. The number of thioether (sulfide) groups is 1. The van der Waals surface area contributed by atoms with E-state index < -0.39 is 26.7 Å². The maximum Gasteiger partial charge on any atom is 0.263 e. The van der Waals surface area contributed by atoms with Crippen molar-refractivity contribution in [2.75, 3.05) is 12.3 Å². The molecule has 2 aromatic carbocycles. The zero-order chi connectivity index (χ0) is 21.2. The van der Waals surface area contributed by atoms with Crippen LogP contribution in [-0.2, 0) is 14.8 Å². The van der Waals surface area contributed by atoms with Crippen LogP contribution in [0.4, 0.5) is 0 Å². The topological polar surface area (TPSA) is 95.9 Å². The lowest BCUT2D eigenvalue weighted by Gasteiger charge is -2.43. The molecular formula is C19H21BrN2O5S2. The molecule has 10 heteroatoms. The lowest BCUT2D eigenvalue weighted by molar-refractivity contribution is -0.134. The molecule has 1 aliphatic rings. The number of hydrogen-bond acceptors (Lipinski definition) is 6. The van der Waals surface area contributed by atoms with Crippen molar-refractivity contribution in [1.82, 2.24) is 9.79 Å². The van der Waals surface area contributed by atoms with Gasteiger partial charge in [-0.15, -0.1) is 0 Å². The minimum absolute atomic E-state index is 0.0547. The van der Waals surface area contributed by atoms with Gasteiger partial charge in [0.2, 0.25) is 10.0 Å². The fourth-order valence-corrected chi connectivity index (χ4v) is 6.55. The summed E-state index contributed by atoms with van der Waals surface area (Å²) in [5.41, 5.74) is 1.60. The summed E-state index contributed by atoms with van der Waals surface area (Å²) >= 11 is 4.85. The van der Waals surface area contributed by atoms with Gasteiger partial charge < -0.3 is 4.74 Å². The van der Waals surface area contributed by atoms with Gasteiger partial charge in [0, 0.05) is 21.5 Å². The monoisotopic (exact) mass is 500 g/mol.